The fourth-order valence-electron chi connectivity index (χ4n) is 1.91. The van der Waals surface area contributed by atoms with Crippen molar-refractivity contribution in [3.8, 4) is 5.75 Å². The van der Waals surface area contributed by atoms with Crippen LogP contribution in [0.4, 0.5) is 4.39 Å². The van der Waals surface area contributed by atoms with E-state index in [0.29, 0.717) is 6.54 Å². The summed E-state index contributed by atoms with van der Waals surface area (Å²) in [6, 6.07) is 4.41. The maximum absolute atomic E-state index is 13.4. The lowest BCUT2D eigenvalue weighted by Gasteiger charge is -2.20. The van der Waals surface area contributed by atoms with Crippen LogP contribution in [0.1, 0.15) is 6.42 Å². The van der Waals surface area contributed by atoms with E-state index in [1.54, 1.807) is 11.0 Å². The molecule has 1 aromatic carbocycles. The molecule has 1 saturated heterocycles. The quantitative estimate of drug-likeness (QED) is 0.918. The molecule has 1 aliphatic heterocycles. The highest BCUT2D eigenvalue weighted by atomic mass is 79.9. The molecule has 1 fully saturated rings. The van der Waals surface area contributed by atoms with Crippen molar-refractivity contribution in [3.05, 3.63) is 28.5 Å². The molecule has 0 bridgehead atoms. The zero-order valence-corrected chi connectivity index (χ0v) is 12.1. The Labute approximate surface area is 120 Å². The minimum Gasteiger partial charge on any atom is -0.481 e. The van der Waals surface area contributed by atoms with Crippen molar-refractivity contribution in [1.82, 2.24) is 10.2 Å². The van der Waals surface area contributed by atoms with Gasteiger partial charge in [-0.3, -0.25) is 4.79 Å². The number of nitrogens with one attached hydrogen (secondary N) is 1. The van der Waals surface area contributed by atoms with Gasteiger partial charge in [-0.05, 0) is 31.2 Å². The van der Waals surface area contributed by atoms with Crippen LogP contribution in [0.15, 0.2) is 22.7 Å². The largest absolute Gasteiger partial charge is 0.481 e. The Morgan fingerprint density at radius 3 is 3.11 bits per heavy atom. The lowest BCUT2D eigenvalue weighted by Crippen LogP contribution is -2.37. The molecular weight excluding hydrogens is 315 g/mol. The van der Waals surface area contributed by atoms with Crippen molar-refractivity contribution in [1.29, 1.82) is 0 Å². The summed E-state index contributed by atoms with van der Waals surface area (Å²) in [5.41, 5.74) is 0. The van der Waals surface area contributed by atoms with Crippen molar-refractivity contribution < 1.29 is 13.9 Å². The van der Waals surface area contributed by atoms with Gasteiger partial charge in [0.25, 0.3) is 5.91 Å². The average molecular weight is 331 g/mol. The number of halogens is 2. The van der Waals surface area contributed by atoms with Crippen molar-refractivity contribution >= 4 is 21.8 Å². The van der Waals surface area contributed by atoms with Crippen LogP contribution in [0.5, 0.6) is 5.75 Å². The second-order valence-corrected chi connectivity index (χ2v) is 5.26. The molecule has 0 unspecified atom stereocenters. The van der Waals surface area contributed by atoms with Crippen molar-refractivity contribution in [2.24, 2.45) is 0 Å². The maximum Gasteiger partial charge on any atom is 0.260 e. The topological polar surface area (TPSA) is 41.6 Å². The van der Waals surface area contributed by atoms with Crippen molar-refractivity contribution in [2.45, 2.75) is 6.42 Å². The highest BCUT2D eigenvalue weighted by Gasteiger charge is 2.16. The minimum atomic E-state index is -0.464. The van der Waals surface area contributed by atoms with E-state index in [2.05, 4.69) is 21.2 Å². The number of nitrogens with zero attached hydrogens (tertiary/aromatic N) is 1. The summed E-state index contributed by atoms with van der Waals surface area (Å²) in [7, 11) is 0. The SMILES string of the molecule is O=C(COc1cc(Br)ccc1F)N1CCCNCC1. The van der Waals surface area contributed by atoms with Gasteiger partial charge in [-0.1, -0.05) is 15.9 Å². The van der Waals surface area contributed by atoms with Gasteiger partial charge in [-0.25, -0.2) is 4.39 Å². The molecule has 2 rings (SSSR count). The molecule has 1 heterocycles. The van der Waals surface area contributed by atoms with Gasteiger partial charge in [-0.2, -0.15) is 0 Å². The normalized spacial score (nSPS) is 16.0. The molecule has 1 amide bonds. The third-order valence-corrected chi connectivity index (χ3v) is 3.43. The van der Waals surface area contributed by atoms with Crippen LogP contribution in [0.2, 0.25) is 0 Å². The summed E-state index contributed by atoms with van der Waals surface area (Å²) < 4.78 is 19.4. The Balaban J connectivity index is 1.90. The van der Waals surface area contributed by atoms with Crippen LogP contribution in [-0.2, 0) is 4.79 Å². The molecule has 0 spiro atoms. The number of hydrogen-bond acceptors (Lipinski definition) is 3. The third-order valence-electron chi connectivity index (χ3n) is 2.94. The summed E-state index contributed by atoms with van der Waals surface area (Å²) >= 11 is 3.24. The molecule has 0 saturated carbocycles. The molecule has 0 aromatic heterocycles. The third kappa shape index (κ3) is 4.18. The second-order valence-electron chi connectivity index (χ2n) is 4.35. The van der Waals surface area contributed by atoms with E-state index in [1.807, 2.05) is 0 Å². The smallest absolute Gasteiger partial charge is 0.260 e. The lowest BCUT2D eigenvalue weighted by atomic mass is 10.3. The van der Waals surface area contributed by atoms with Gasteiger partial charge < -0.3 is 15.0 Å². The van der Waals surface area contributed by atoms with E-state index in [-0.39, 0.29) is 18.3 Å². The molecular formula is C13H16BrFN2O2. The van der Waals surface area contributed by atoms with Gasteiger partial charge in [0.05, 0.1) is 0 Å². The highest BCUT2D eigenvalue weighted by Crippen LogP contribution is 2.22. The van der Waals surface area contributed by atoms with E-state index >= 15 is 0 Å². The van der Waals surface area contributed by atoms with E-state index in [4.69, 9.17) is 4.74 Å². The first kappa shape index (κ1) is 14.3. The summed E-state index contributed by atoms with van der Waals surface area (Å²) in [6.45, 7) is 2.97. The molecule has 4 nitrogen and oxygen atoms in total. The molecule has 19 heavy (non-hydrogen) atoms. The zero-order chi connectivity index (χ0) is 13.7. The number of hydrogen-bond donors (Lipinski definition) is 1. The van der Waals surface area contributed by atoms with Crippen molar-refractivity contribution in [3.63, 3.8) is 0 Å². The molecule has 1 aromatic rings. The minimum absolute atomic E-state index is 0.0932. The van der Waals surface area contributed by atoms with Crippen LogP contribution in [-0.4, -0.2) is 43.6 Å². The van der Waals surface area contributed by atoms with E-state index in [1.165, 1.54) is 12.1 Å². The van der Waals surface area contributed by atoms with Gasteiger partial charge in [0, 0.05) is 24.1 Å². The monoisotopic (exact) mass is 330 g/mol. The first-order chi connectivity index (χ1) is 9.16. The Bertz CT molecular complexity index is 448. The van der Waals surface area contributed by atoms with Gasteiger partial charge in [0.2, 0.25) is 0 Å². The molecule has 0 radical (unpaired) electrons. The Morgan fingerprint density at radius 2 is 2.26 bits per heavy atom. The number of ether oxygens (including phenoxy) is 1. The van der Waals surface area contributed by atoms with E-state index in [0.717, 1.165) is 30.5 Å². The Morgan fingerprint density at radius 1 is 1.42 bits per heavy atom. The fraction of sp³-hybridized carbons (Fsp3) is 0.462. The van der Waals surface area contributed by atoms with Crippen LogP contribution in [0, 0.1) is 5.82 Å². The molecule has 6 heteroatoms. The molecule has 0 atom stereocenters. The second kappa shape index (κ2) is 6.86. The Kier molecular flexibility index (Phi) is 5.15. The summed E-state index contributed by atoms with van der Waals surface area (Å²) in [6.07, 6.45) is 0.928. The predicted molar refractivity (Wildman–Crippen MR) is 73.7 cm³/mol. The van der Waals surface area contributed by atoms with E-state index < -0.39 is 5.82 Å². The fourth-order valence-corrected chi connectivity index (χ4v) is 2.25. The number of benzene rings is 1. The maximum atomic E-state index is 13.4. The highest BCUT2D eigenvalue weighted by molar-refractivity contribution is 9.10. The number of carbonyl (C=O) groups is 1. The van der Waals surface area contributed by atoms with Crippen LogP contribution < -0.4 is 10.1 Å². The molecule has 0 aliphatic carbocycles. The summed E-state index contributed by atoms with van der Waals surface area (Å²) in [5, 5.41) is 3.22. The first-order valence-corrected chi connectivity index (χ1v) is 7.02. The number of rotatable bonds is 3. The van der Waals surface area contributed by atoms with Gasteiger partial charge in [-0.15, -0.1) is 0 Å². The number of carbonyl (C=O) groups excluding carboxylic acids is 1. The Hall–Kier alpha value is -1.14. The van der Waals surface area contributed by atoms with Crippen LogP contribution in [0.25, 0.3) is 0 Å². The van der Waals surface area contributed by atoms with Gasteiger partial charge in [0.1, 0.15) is 0 Å². The predicted octanol–water partition coefficient (Wildman–Crippen LogP) is 1.79. The van der Waals surface area contributed by atoms with Gasteiger partial charge >= 0.3 is 0 Å². The summed E-state index contributed by atoms with van der Waals surface area (Å²) in [5.74, 6) is -0.479. The van der Waals surface area contributed by atoms with Gasteiger partial charge in [0.15, 0.2) is 18.2 Å². The first-order valence-electron chi connectivity index (χ1n) is 6.23. The lowest BCUT2D eigenvalue weighted by molar-refractivity contribution is -0.133. The molecule has 1 N–H and O–H groups in total. The van der Waals surface area contributed by atoms with Crippen LogP contribution >= 0.6 is 15.9 Å². The van der Waals surface area contributed by atoms with Crippen LogP contribution in [0.3, 0.4) is 0 Å². The number of amides is 1. The average Bonchev–Trinajstić information content (AvgIpc) is 2.68. The van der Waals surface area contributed by atoms with Crippen molar-refractivity contribution in [2.75, 3.05) is 32.8 Å². The molecule has 104 valence electrons. The standard InChI is InChI=1S/C13H16BrFN2O2/c14-10-2-3-11(15)12(8-10)19-9-13(18)17-6-1-4-16-5-7-17/h2-3,8,16H,1,4-7,9H2. The molecule has 1 aliphatic rings. The summed E-state index contributed by atoms with van der Waals surface area (Å²) in [4.78, 5) is 13.7. The van der Waals surface area contributed by atoms with E-state index in [9.17, 15) is 9.18 Å². The zero-order valence-electron chi connectivity index (χ0n) is 10.5.